The lowest BCUT2D eigenvalue weighted by Crippen LogP contribution is -2.53. The molecule has 2 amide bonds. The van der Waals surface area contributed by atoms with Gasteiger partial charge in [0.25, 0.3) is 0 Å². The highest BCUT2D eigenvalue weighted by Gasteiger charge is 2.25. The van der Waals surface area contributed by atoms with Crippen LogP contribution in [0.1, 0.15) is 60.3 Å². The van der Waals surface area contributed by atoms with Gasteiger partial charge in [0.1, 0.15) is 0 Å². The van der Waals surface area contributed by atoms with Gasteiger partial charge in [0.15, 0.2) is 0 Å². The van der Waals surface area contributed by atoms with Gasteiger partial charge in [-0.25, -0.2) is 0 Å². The lowest BCUT2D eigenvalue weighted by atomic mass is 9.90. The molecule has 0 saturated heterocycles. The largest absolute Gasteiger partial charge is 0.354 e. The Kier molecular flexibility index (Phi) is 5.99. The first-order chi connectivity index (χ1) is 9.17. The van der Waals surface area contributed by atoms with Crippen LogP contribution in [-0.2, 0) is 9.59 Å². The molecular formula is C15H29N3O2. The maximum absolute atomic E-state index is 12.0. The Morgan fingerprint density at radius 1 is 1.05 bits per heavy atom. The first-order valence-corrected chi connectivity index (χ1v) is 7.52. The number of carbonyl (C=O) groups excluding carboxylic acids is 2. The number of hydrogen-bond donors (Lipinski definition) is 3. The van der Waals surface area contributed by atoms with Crippen LogP contribution in [-0.4, -0.2) is 35.5 Å². The normalized spacial score (nSPS) is 24.9. The summed E-state index contributed by atoms with van der Waals surface area (Å²) in [5, 5.41) is 9.34. The Hall–Kier alpha value is -1.10. The molecule has 0 aromatic heterocycles. The van der Waals surface area contributed by atoms with E-state index in [1.807, 2.05) is 27.7 Å². The smallest absolute Gasteiger partial charge is 0.237 e. The van der Waals surface area contributed by atoms with Crippen LogP contribution in [0, 0.1) is 0 Å². The molecule has 0 aromatic rings. The second-order valence-corrected chi connectivity index (χ2v) is 6.88. The van der Waals surface area contributed by atoms with E-state index in [4.69, 9.17) is 0 Å². The molecule has 1 aliphatic rings. The van der Waals surface area contributed by atoms with Crippen molar-refractivity contribution in [3.8, 4) is 0 Å². The zero-order valence-electron chi connectivity index (χ0n) is 13.4. The van der Waals surface area contributed by atoms with Gasteiger partial charge in [-0.1, -0.05) is 0 Å². The van der Waals surface area contributed by atoms with E-state index in [1.54, 1.807) is 6.92 Å². The van der Waals surface area contributed by atoms with Gasteiger partial charge in [-0.3, -0.25) is 9.59 Å². The van der Waals surface area contributed by atoms with E-state index in [0.717, 1.165) is 25.7 Å². The van der Waals surface area contributed by atoms with Gasteiger partial charge in [-0.05, 0) is 53.4 Å². The topological polar surface area (TPSA) is 70.2 Å². The van der Waals surface area contributed by atoms with Gasteiger partial charge in [0, 0.05) is 24.5 Å². The number of hydrogen-bond acceptors (Lipinski definition) is 3. The van der Waals surface area contributed by atoms with Gasteiger partial charge in [-0.15, -0.1) is 0 Å². The van der Waals surface area contributed by atoms with Crippen molar-refractivity contribution in [1.29, 1.82) is 0 Å². The molecule has 116 valence electrons. The molecule has 1 unspecified atom stereocenters. The summed E-state index contributed by atoms with van der Waals surface area (Å²) in [6.45, 7) is 9.41. The first-order valence-electron chi connectivity index (χ1n) is 7.52. The summed E-state index contributed by atoms with van der Waals surface area (Å²) in [4.78, 5) is 23.0. The quantitative estimate of drug-likeness (QED) is 0.729. The predicted octanol–water partition coefficient (Wildman–Crippen LogP) is 1.33. The minimum Gasteiger partial charge on any atom is -0.354 e. The number of carbonyl (C=O) groups is 2. The van der Waals surface area contributed by atoms with E-state index in [1.165, 1.54) is 0 Å². The van der Waals surface area contributed by atoms with E-state index in [0.29, 0.717) is 12.1 Å². The Balaban J connectivity index is 2.32. The molecule has 0 heterocycles. The van der Waals surface area contributed by atoms with E-state index < -0.39 is 0 Å². The summed E-state index contributed by atoms with van der Waals surface area (Å²) < 4.78 is 0. The van der Waals surface area contributed by atoms with E-state index in [9.17, 15) is 9.59 Å². The van der Waals surface area contributed by atoms with Crippen molar-refractivity contribution in [2.45, 2.75) is 84.0 Å². The Morgan fingerprint density at radius 3 is 2.00 bits per heavy atom. The molecular weight excluding hydrogens is 254 g/mol. The van der Waals surface area contributed by atoms with Crippen LogP contribution in [0.2, 0.25) is 0 Å². The van der Waals surface area contributed by atoms with E-state index >= 15 is 0 Å². The van der Waals surface area contributed by atoms with Crippen LogP contribution in [0.4, 0.5) is 0 Å². The fourth-order valence-electron chi connectivity index (χ4n) is 2.60. The average Bonchev–Trinajstić information content (AvgIpc) is 2.28. The van der Waals surface area contributed by atoms with Crippen molar-refractivity contribution < 1.29 is 9.59 Å². The summed E-state index contributed by atoms with van der Waals surface area (Å²) in [6.07, 6.45) is 3.95. The average molecular weight is 283 g/mol. The number of nitrogens with one attached hydrogen (secondary N) is 3. The molecule has 1 fully saturated rings. The highest BCUT2D eigenvalue weighted by atomic mass is 16.2. The maximum Gasteiger partial charge on any atom is 0.237 e. The van der Waals surface area contributed by atoms with Crippen molar-refractivity contribution in [3.05, 3.63) is 0 Å². The predicted molar refractivity (Wildman–Crippen MR) is 80.4 cm³/mol. The molecule has 5 nitrogen and oxygen atoms in total. The Bertz CT molecular complexity index is 342. The van der Waals surface area contributed by atoms with Gasteiger partial charge >= 0.3 is 0 Å². The highest BCUT2D eigenvalue weighted by Crippen LogP contribution is 2.19. The molecule has 0 aliphatic heterocycles. The van der Waals surface area contributed by atoms with Gasteiger partial charge in [0.2, 0.25) is 11.8 Å². The molecule has 1 rings (SSSR count). The lowest BCUT2D eigenvalue weighted by molar-refractivity contribution is -0.124. The molecule has 1 saturated carbocycles. The highest BCUT2D eigenvalue weighted by molar-refractivity contribution is 5.81. The third kappa shape index (κ3) is 6.37. The molecule has 0 bridgehead atoms. The second-order valence-electron chi connectivity index (χ2n) is 6.88. The zero-order chi connectivity index (χ0) is 15.3. The van der Waals surface area contributed by atoms with Crippen molar-refractivity contribution >= 4 is 11.8 Å². The zero-order valence-corrected chi connectivity index (χ0v) is 13.4. The minimum atomic E-state index is -0.198. The summed E-state index contributed by atoms with van der Waals surface area (Å²) >= 11 is 0. The summed E-state index contributed by atoms with van der Waals surface area (Å²) in [7, 11) is 0. The van der Waals surface area contributed by atoms with Crippen molar-refractivity contribution in [2.75, 3.05) is 0 Å². The summed E-state index contributed by atoms with van der Waals surface area (Å²) in [5.41, 5.74) is -0.198. The molecule has 20 heavy (non-hydrogen) atoms. The van der Waals surface area contributed by atoms with Gasteiger partial charge < -0.3 is 16.0 Å². The Labute approximate surface area is 122 Å². The second kappa shape index (κ2) is 7.07. The fraction of sp³-hybridized carbons (Fsp3) is 0.867. The maximum atomic E-state index is 12.0. The van der Waals surface area contributed by atoms with Crippen LogP contribution in [0.5, 0.6) is 0 Å². The molecule has 1 atom stereocenters. The summed E-state index contributed by atoms with van der Waals surface area (Å²) in [5.74, 6) is 0.0841. The fourth-order valence-corrected chi connectivity index (χ4v) is 2.60. The summed E-state index contributed by atoms with van der Waals surface area (Å²) in [6, 6.07) is 0.474. The monoisotopic (exact) mass is 283 g/mol. The van der Waals surface area contributed by atoms with Crippen LogP contribution in [0.15, 0.2) is 0 Å². The van der Waals surface area contributed by atoms with Crippen LogP contribution in [0.3, 0.4) is 0 Å². The SMILES string of the molecule is CC(=O)NC1CCC(NC(C)C(=O)NC(C)(C)C)CC1. The third-order valence-electron chi connectivity index (χ3n) is 3.51. The number of rotatable bonds is 4. The molecule has 1 aliphatic carbocycles. The van der Waals surface area contributed by atoms with Crippen molar-refractivity contribution in [3.63, 3.8) is 0 Å². The first kappa shape index (κ1) is 17.0. The molecule has 3 N–H and O–H groups in total. The van der Waals surface area contributed by atoms with Crippen molar-refractivity contribution in [2.24, 2.45) is 0 Å². The molecule has 0 spiro atoms. The van der Waals surface area contributed by atoms with Gasteiger partial charge in [-0.2, -0.15) is 0 Å². The van der Waals surface area contributed by atoms with E-state index in [-0.39, 0.29) is 23.4 Å². The minimum absolute atomic E-state index is 0.0410. The standard InChI is InChI=1S/C15H29N3O2/c1-10(14(20)18-15(3,4)5)16-12-6-8-13(9-7-12)17-11(2)19/h10,12-13,16H,6-9H2,1-5H3,(H,17,19)(H,18,20). The lowest BCUT2D eigenvalue weighted by Gasteiger charge is -2.32. The third-order valence-corrected chi connectivity index (χ3v) is 3.51. The van der Waals surface area contributed by atoms with Crippen molar-refractivity contribution in [1.82, 2.24) is 16.0 Å². The molecule has 0 aromatic carbocycles. The van der Waals surface area contributed by atoms with Crippen LogP contribution in [0.25, 0.3) is 0 Å². The number of amides is 2. The molecule has 0 radical (unpaired) electrons. The Morgan fingerprint density at radius 2 is 1.55 bits per heavy atom. The molecule has 5 heteroatoms. The van der Waals surface area contributed by atoms with E-state index in [2.05, 4.69) is 16.0 Å². The van der Waals surface area contributed by atoms with Gasteiger partial charge in [0.05, 0.1) is 6.04 Å². The van der Waals surface area contributed by atoms with Crippen LogP contribution < -0.4 is 16.0 Å². The van der Waals surface area contributed by atoms with Crippen LogP contribution >= 0.6 is 0 Å².